The summed E-state index contributed by atoms with van der Waals surface area (Å²) in [6.45, 7) is 6.77. The zero-order valence-electron chi connectivity index (χ0n) is 19.3. The fraction of sp³-hybridized carbons (Fsp3) is 0.379. The molecule has 0 spiro atoms. The van der Waals surface area contributed by atoms with E-state index in [2.05, 4.69) is 94.7 Å². The van der Waals surface area contributed by atoms with Crippen molar-refractivity contribution in [3.8, 4) is 0 Å². The molecule has 4 nitrogen and oxygen atoms in total. The fourth-order valence-electron chi connectivity index (χ4n) is 5.27. The normalized spacial score (nSPS) is 19.2. The van der Waals surface area contributed by atoms with Gasteiger partial charge in [0.05, 0.1) is 19.3 Å². The Bertz CT molecular complexity index is 927. The minimum Gasteiger partial charge on any atom is -0.343 e. The molecule has 2 heterocycles. The van der Waals surface area contributed by atoms with Gasteiger partial charge < -0.3 is 14.4 Å². The Morgan fingerprint density at radius 3 is 1.73 bits per heavy atom. The average Bonchev–Trinajstić information content (AvgIpc) is 3.37. The van der Waals surface area contributed by atoms with E-state index < -0.39 is 5.79 Å². The molecular formula is C29H34N2O2. The first-order chi connectivity index (χ1) is 16.3. The number of benzene rings is 3. The highest BCUT2D eigenvalue weighted by Gasteiger charge is 2.38. The molecule has 0 amide bonds. The largest absolute Gasteiger partial charge is 0.343 e. The Morgan fingerprint density at radius 2 is 1.18 bits per heavy atom. The van der Waals surface area contributed by atoms with Crippen molar-refractivity contribution in [1.82, 2.24) is 9.80 Å². The van der Waals surface area contributed by atoms with Gasteiger partial charge in [0.25, 0.3) is 0 Å². The maximum atomic E-state index is 6.11. The summed E-state index contributed by atoms with van der Waals surface area (Å²) in [4.78, 5) is 5.23. The molecule has 0 unspecified atom stereocenters. The molecule has 0 aliphatic carbocycles. The van der Waals surface area contributed by atoms with E-state index in [0.717, 1.165) is 51.1 Å². The second kappa shape index (κ2) is 10.6. The summed E-state index contributed by atoms with van der Waals surface area (Å²) in [7, 11) is 0. The molecule has 33 heavy (non-hydrogen) atoms. The van der Waals surface area contributed by atoms with Crippen LogP contribution in [0.3, 0.4) is 0 Å². The molecule has 3 aromatic rings. The van der Waals surface area contributed by atoms with Crippen molar-refractivity contribution in [2.75, 3.05) is 45.9 Å². The van der Waals surface area contributed by atoms with E-state index in [1.54, 1.807) is 0 Å². The zero-order chi connectivity index (χ0) is 22.3. The van der Waals surface area contributed by atoms with Gasteiger partial charge in [0, 0.05) is 38.2 Å². The topological polar surface area (TPSA) is 24.9 Å². The van der Waals surface area contributed by atoms with Crippen LogP contribution in [0.4, 0.5) is 0 Å². The Balaban J connectivity index is 1.18. The third kappa shape index (κ3) is 5.20. The van der Waals surface area contributed by atoms with Crippen LogP contribution >= 0.6 is 0 Å². The summed E-state index contributed by atoms with van der Waals surface area (Å²) >= 11 is 0. The van der Waals surface area contributed by atoms with Gasteiger partial charge in [0.1, 0.15) is 0 Å². The molecule has 0 radical (unpaired) electrons. The lowest BCUT2D eigenvalue weighted by atomic mass is 9.96. The molecular weight excluding hydrogens is 408 g/mol. The SMILES string of the molecule is c1ccc(C(c2ccccc2)N2CCN(CCCC3(c4ccccc4)OCCO3)CC2)cc1. The van der Waals surface area contributed by atoms with Crippen molar-refractivity contribution in [2.24, 2.45) is 0 Å². The summed E-state index contributed by atoms with van der Waals surface area (Å²) in [5.74, 6) is -0.561. The van der Waals surface area contributed by atoms with Crippen LogP contribution in [-0.2, 0) is 15.3 Å². The van der Waals surface area contributed by atoms with Gasteiger partial charge in [-0.25, -0.2) is 0 Å². The highest BCUT2D eigenvalue weighted by molar-refractivity contribution is 5.32. The van der Waals surface area contributed by atoms with Crippen LogP contribution in [0.25, 0.3) is 0 Å². The number of nitrogens with zero attached hydrogens (tertiary/aromatic N) is 2. The average molecular weight is 443 g/mol. The van der Waals surface area contributed by atoms with Gasteiger partial charge in [-0.05, 0) is 24.1 Å². The van der Waals surface area contributed by atoms with Gasteiger partial charge in [-0.1, -0.05) is 91.0 Å². The summed E-state index contributed by atoms with van der Waals surface area (Å²) in [6.07, 6.45) is 1.96. The van der Waals surface area contributed by atoms with Gasteiger partial charge in [-0.2, -0.15) is 0 Å². The summed E-state index contributed by atoms with van der Waals surface area (Å²) in [5, 5.41) is 0. The predicted molar refractivity (Wildman–Crippen MR) is 132 cm³/mol. The van der Waals surface area contributed by atoms with E-state index in [9.17, 15) is 0 Å². The van der Waals surface area contributed by atoms with Crippen molar-refractivity contribution in [1.29, 1.82) is 0 Å². The van der Waals surface area contributed by atoms with Crippen LogP contribution in [-0.4, -0.2) is 55.7 Å². The Kier molecular flexibility index (Phi) is 7.18. The number of hydrogen-bond acceptors (Lipinski definition) is 4. The van der Waals surface area contributed by atoms with Crippen molar-refractivity contribution >= 4 is 0 Å². The predicted octanol–water partition coefficient (Wildman–Crippen LogP) is 5.07. The van der Waals surface area contributed by atoms with Crippen LogP contribution in [0.15, 0.2) is 91.0 Å². The van der Waals surface area contributed by atoms with Crippen molar-refractivity contribution in [3.63, 3.8) is 0 Å². The molecule has 3 aromatic carbocycles. The molecule has 0 bridgehead atoms. The van der Waals surface area contributed by atoms with Crippen LogP contribution in [0.2, 0.25) is 0 Å². The minimum absolute atomic E-state index is 0.316. The minimum atomic E-state index is -0.561. The van der Waals surface area contributed by atoms with E-state index in [0.29, 0.717) is 19.3 Å². The molecule has 2 saturated heterocycles. The lowest BCUT2D eigenvalue weighted by Crippen LogP contribution is -2.48. The quantitative estimate of drug-likeness (QED) is 0.486. The molecule has 0 atom stereocenters. The Hall–Kier alpha value is -2.50. The lowest BCUT2D eigenvalue weighted by Gasteiger charge is -2.40. The van der Waals surface area contributed by atoms with Gasteiger partial charge in [-0.15, -0.1) is 0 Å². The van der Waals surface area contributed by atoms with Crippen molar-refractivity contribution in [2.45, 2.75) is 24.7 Å². The maximum absolute atomic E-state index is 6.11. The van der Waals surface area contributed by atoms with Gasteiger partial charge in [0.15, 0.2) is 5.79 Å². The third-order valence-electron chi connectivity index (χ3n) is 6.95. The Labute approximate surface area is 197 Å². The molecule has 5 rings (SSSR count). The van der Waals surface area contributed by atoms with Crippen LogP contribution in [0, 0.1) is 0 Å². The maximum Gasteiger partial charge on any atom is 0.195 e. The van der Waals surface area contributed by atoms with Crippen LogP contribution < -0.4 is 0 Å². The lowest BCUT2D eigenvalue weighted by molar-refractivity contribution is -0.172. The molecule has 0 aromatic heterocycles. The van der Waals surface area contributed by atoms with Crippen LogP contribution in [0.5, 0.6) is 0 Å². The van der Waals surface area contributed by atoms with Gasteiger partial charge in [0.2, 0.25) is 0 Å². The van der Waals surface area contributed by atoms with Crippen molar-refractivity contribution < 1.29 is 9.47 Å². The molecule has 2 fully saturated rings. The first kappa shape index (κ1) is 22.3. The number of piperazine rings is 1. The highest BCUT2D eigenvalue weighted by atomic mass is 16.7. The standard InChI is InChI=1S/C29H34N2O2/c1-4-11-25(12-5-1)28(26-13-6-2-7-14-26)31-21-19-30(20-22-31)18-10-17-29(32-23-24-33-29)27-15-8-3-9-16-27/h1-9,11-16,28H,10,17-24H2. The second-order valence-corrected chi connectivity index (χ2v) is 9.02. The summed E-state index contributed by atoms with van der Waals surface area (Å²) in [6, 6.07) is 32.6. The van der Waals surface area contributed by atoms with E-state index >= 15 is 0 Å². The molecule has 4 heteroatoms. The van der Waals surface area contributed by atoms with Gasteiger partial charge >= 0.3 is 0 Å². The summed E-state index contributed by atoms with van der Waals surface area (Å²) < 4.78 is 12.2. The first-order valence-electron chi connectivity index (χ1n) is 12.2. The van der Waals surface area contributed by atoms with E-state index in [1.165, 1.54) is 11.1 Å². The number of rotatable bonds is 8. The number of ether oxygens (including phenoxy) is 2. The molecule has 2 aliphatic heterocycles. The molecule has 172 valence electrons. The molecule has 0 saturated carbocycles. The zero-order valence-corrected chi connectivity index (χ0v) is 19.3. The van der Waals surface area contributed by atoms with Crippen LogP contribution in [0.1, 0.15) is 35.6 Å². The van der Waals surface area contributed by atoms with E-state index in [-0.39, 0.29) is 0 Å². The second-order valence-electron chi connectivity index (χ2n) is 9.02. The Morgan fingerprint density at radius 1 is 0.667 bits per heavy atom. The molecule has 0 N–H and O–H groups in total. The first-order valence-corrected chi connectivity index (χ1v) is 12.2. The third-order valence-corrected chi connectivity index (χ3v) is 6.95. The smallest absolute Gasteiger partial charge is 0.195 e. The van der Waals surface area contributed by atoms with Gasteiger partial charge in [-0.3, -0.25) is 4.90 Å². The van der Waals surface area contributed by atoms with Crippen molar-refractivity contribution in [3.05, 3.63) is 108 Å². The molecule has 2 aliphatic rings. The van der Waals surface area contributed by atoms with E-state index in [4.69, 9.17) is 9.47 Å². The number of hydrogen-bond donors (Lipinski definition) is 0. The monoisotopic (exact) mass is 442 g/mol. The summed E-state index contributed by atoms with van der Waals surface area (Å²) in [5.41, 5.74) is 3.89. The fourth-order valence-corrected chi connectivity index (χ4v) is 5.27. The highest BCUT2D eigenvalue weighted by Crippen LogP contribution is 2.36. The van der Waals surface area contributed by atoms with E-state index in [1.807, 2.05) is 6.07 Å².